The molecule has 0 heterocycles. The van der Waals surface area contributed by atoms with Crippen LogP contribution in [0.4, 0.5) is 0 Å². The van der Waals surface area contributed by atoms with E-state index in [0.717, 1.165) is 0 Å². The van der Waals surface area contributed by atoms with Gasteiger partial charge in [0.2, 0.25) is 0 Å². The van der Waals surface area contributed by atoms with Crippen LogP contribution in [0.2, 0.25) is 0 Å². The number of rotatable bonds is 3. The molecule has 0 spiro atoms. The third kappa shape index (κ3) is 4.05. The van der Waals surface area contributed by atoms with E-state index in [0.29, 0.717) is 0 Å². The molecule has 0 unspecified atom stereocenters. The third-order valence-corrected chi connectivity index (χ3v) is 10.9. The molecular weight excluding hydrogens is 620 g/mol. The molecule has 0 bridgehead atoms. The first-order valence-corrected chi connectivity index (χ1v) is 16.8. The number of hydrogen-bond acceptors (Lipinski definition) is 0. The largest absolute Gasteiger partial charge is 0.0616 e. The zero-order valence-electron chi connectivity index (χ0n) is 25.8. The number of hydrogen-bond donors (Lipinski definition) is 0. The molecule has 0 nitrogen and oxygen atoms in total. The van der Waals surface area contributed by atoms with Crippen molar-refractivity contribution < 1.29 is 0 Å². The molecule has 0 saturated carbocycles. The Bertz CT molecular complexity index is 2520. The first kappa shape index (κ1) is 27.3. The molecule has 1 aliphatic carbocycles. The smallest absolute Gasteiger partial charge is 0.0298 e. The van der Waals surface area contributed by atoms with Crippen molar-refractivity contribution in [1.82, 2.24) is 0 Å². The van der Waals surface area contributed by atoms with Gasteiger partial charge in [-0.2, -0.15) is 0 Å². The summed E-state index contributed by atoms with van der Waals surface area (Å²) in [7, 11) is 0. The molecule has 218 valence electrons. The van der Waals surface area contributed by atoms with Crippen LogP contribution in [0.15, 0.2) is 152 Å². The Balaban J connectivity index is 1.16. The molecule has 0 aromatic heterocycles. The van der Waals surface area contributed by atoms with Crippen LogP contribution < -0.4 is 0 Å². The minimum absolute atomic E-state index is 0.128. The minimum Gasteiger partial charge on any atom is -0.0616 e. The highest BCUT2D eigenvalue weighted by Gasteiger charge is 2.38. The van der Waals surface area contributed by atoms with Crippen LogP contribution in [0, 0.1) is 0 Å². The van der Waals surface area contributed by atoms with Gasteiger partial charge in [0, 0.05) is 9.90 Å². The summed E-state index contributed by atoms with van der Waals surface area (Å²) in [6, 6.07) is 55.9. The van der Waals surface area contributed by atoms with Gasteiger partial charge in [-0.25, -0.2) is 0 Å². The Morgan fingerprint density at radius 1 is 0.391 bits per heavy atom. The Morgan fingerprint density at radius 3 is 1.59 bits per heavy atom. The summed E-state index contributed by atoms with van der Waals surface area (Å²) in [5.74, 6) is 0. The van der Waals surface area contributed by atoms with Crippen molar-refractivity contribution in [2.24, 2.45) is 0 Å². The molecule has 46 heavy (non-hydrogen) atoms. The maximum absolute atomic E-state index is 4.10. The Labute approximate surface area is 277 Å². The molecule has 0 aliphatic heterocycles. The lowest BCUT2D eigenvalue weighted by Crippen LogP contribution is -2.16. The van der Waals surface area contributed by atoms with Crippen molar-refractivity contribution in [3.63, 3.8) is 0 Å². The van der Waals surface area contributed by atoms with Crippen LogP contribution in [0.3, 0.4) is 0 Å². The molecule has 0 fully saturated rings. The molecule has 0 saturated heterocycles. The zero-order chi connectivity index (χ0) is 31.0. The Morgan fingerprint density at radius 2 is 0.891 bits per heavy atom. The van der Waals surface area contributed by atoms with Gasteiger partial charge in [0.15, 0.2) is 0 Å². The highest BCUT2D eigenvalue weighted by atomic mass is 79.9. The van der Waals surface area contributed by atoms with E-state index in [1.165, 1.54) is 92.1 Å². The van der Waals surface area contributed by atoms with E-state index in [9.17, 15) is 0 Å². The lowest BCUT2D eigenvalue weighted by Gasteiger charge is -2.26. The second kappa shape index (κ2) is 10.3. The summed E-state index contributed by atoms with van der Waals surface area (Å²) >= 11 is 4.10. The van der Waals surface area contributed by atoms with E-state index in [1.54, 1.807) is 0 Å². The second-order valence-electron chi connectivity index (χ2n) is 13.0. The van der Waals surface area contributed by atoms with Crippen molar-refractivity contribution in [3.05, 3.63) is 168 Å². The molecule has 9 rings (SSSR count). The van der Waals surface area contributed by atoms with Gasteiger partial charge in [-0.15, -0.1) is 0 Å². The van der Waals surface area contributed by atoms with Gasteiger partial charge in [-0.3, -0.25) is 0 Å². The predicted octanol–water partition coefficient (Wildman–Crippen LogP) is 13.2. The van der Waals surface area contributed by atoms with Crippen LogP contribution >= 0.6 is 15.9 Å². The fraction of sp³-hybridized carbons (Fsp3) is 0.0667. The molecule has 0 radical (unpaired) electrons. The average Bonchev–Trinajstić information content (AvgIpc) is 3.31. The van der Waals surface area contributed by atoms with Crippen LogP contribution in [0.5, 0.6) is 0 Å². The molecule has 0 amide bonds. The number of halogens is 1. The first-order chi connectivity index (χ1) is 22.5. The predicted molar refractivity (Wildman–Crippen MR) is 203 cm³/mol. The quantitative estimate of drug-likeness (QED) is 0.167. The lowest BCUT2D eigenvalue weighted by molar-refractivity contribution is 0.705. The van der Waals surface area contributed by atoms with Gasteiger partial charge in [0.1, 0.15) is 0 Å². The van der Waals surface area contributed by atoms with Crippen molar-refractivity contribution in [3.8, 4) is 22.3 Å². The van der Waals surface area contributed by atoms with E-state index in [1.807, 2.05) is 0 Å². The summed E-state index contributed by atoms with van der Waals surface area (Å²) in [4.78, 5) is 0. The highest BCUT2D eigenvalue weighted by molar-refractivity contribution is 9.15. The average molecular weight is 652 g/mol. The van der Waals surface area contributed by atoms with E-state index in [-0.39, 0.29) is 5.41 Å². The van der Waals surface area contributed by atoms with E-state index in [2.05, 4.69) is 181 Å². The first-order valence-electron chi connectivity index (χ1n) is 16.0. The maximum atomic E-state index is 4.10. The SMILES string of the molecule is CC1(C)C(c2cccc3ccccc23)=C(Br)c2cc(-c3cccc(-c4ccc5c6ccccc6c6ccccc6c5c4)c3)ccc21. The Hall–Kier alpha value is -4.98. The van der Waals surface area contributed by atoms with Crippen LogP contribution in [-0.2, 0) is 5.41 Å². The maximum Gasteiger partial charge on any atom is 0.0298 e. The topological polar surface area (TPSA) is 0 Å². The molecule has 1 aliphatic rings. The summed E-state index contributed by atoms with van der Waals surface area (Å²) < 4.78 is 1.19. The summed E-state index contributed by atoms with van der Waals surface area (Å²) in [5.41, 5.74) is 10.1. The van der Waals surface area contributed by atoms with E-state index in [4.69, 9.17) is 0 Å². The fourth-order valence-corrected chi connectivity index (χ4v) is 8.90. The van der Waals surface area contributed by atoms with Gasteiger partial charge in [-0.1, -0.05) is 147 Å². The monoisotopic (exact) mass is 650 g/mol. The zero-order valence-corrected chi connectivity index (χ0v) is 27.4. The van der Waals surface area contributed by atoms with Gasteiger partial charge < -0.3 is 0 Å². The summed E-state index contributed by atoms with van der Waals surface area (Å²) in [5, 5.41) is 10.4. The summed E-state index contributed by atoms with van der Waals surface area (Å²) in [6.07, 6.45) is 0. The van der Waals surface area contributed by atoms with Gasteiger partial charge >= 0.3 is 0 Å². The van der Waals surface area contributed by atoms with Crippen molar-refractivity contribution in [2.75, 3.05) is 0 Å². The molecule has 1 heteroatoms. The van der Waals surface area contributed by atoms with Gasteiger partial charge in [0.25, 0.3) is 0 Å². The van der Waals surface area contributed by atoms with Crippen molar-refractivity contribution in [1.29, 1.82) is 0 Å². The minimum atomic E-state index is -0.128. The third-order valence-electron chi connectivity index (χ3n) is 10.1. The molecule has 8 aromatic carbocycles. The van der Waals surface area contributed by atoms with Crippen LogP contribution in [0.1, 0.15) is 30.5 Å². The van der Waals surface area contributed by atoms with Crippen LogP contribution in [0.25, 0.3) is 75.4 Å². The molecular formula is C45H31Br. The van der Waals surface area contributed by atoms with E-state index >= 15 is 0 Å². The van der Waals surface area contributed by atoms with Crippen LogP contribution in [-0.4, -0.2) is 0 Å². The highest BCUT2D eigenvalue weighted by Crippen LogP contribution is 2.54. The number of fused-ring (bicyclic) bond motifs is 8. The fourth-order valence-electron chi connectivity index (χ4n) is 7.86. The Kier molecular flexibility index (Phi) is 6.11. The lowest BCUT2D eigenvalue weighted by atomic mass is 9.77. The summed E-state index contributed by atoms with van der Waals surface area (Å²) in [6.45, 7) is 4.70. The van der Waals surface area contributed by atoms with Crippen molar-refractivity contribution in [2.45, 2.75) is 19.3 Å². The van der Waals surface area contributed by atoms with Gasteiger partial charge in [0.05, 0.1) is 0 Å². The van der Waals surface area contributed by atoms with Gasteiger partial charge in [-0.05, 0) is 122 Å². The molecule has 0 N–H and O–H groups in total. The molecule has 8 aromatic rings. The van der Waals surface area contributed by atoms with Crippen molar-refractivity contribution >= 4 is 69.1 Å². The molecule has 0 atom stereocenters. The standard InChI is InChI=1S/C45H31Br/c1-45(2)42-24-22-32(27-41(42)44(46)43(45)39-20-10-12-28-11-3-4-15-33(28)39)30-14-9-13-29(25-30)31-21-23-38-36-18-6-5-16-34(36)35-17-7-8-19-37(35)40(38)26-31/h3-27H,1-2H3. The number of benzene rings is 8. The second-order valence-corrected chi connectivity index (χ2v) is 13.8. The normalized spacial score (nSPS) is 14.1. The number of allylic oxidation sites excluding steroid dienone is 1. The van der Waals surface area contributed by atoms with E-state index < -0.39 is 0 Å².